The summed E-state index contributed by atoms with van der Waals surface area (Å²) < 4.78 is 1.81. The number of rotatable bonds is 1. The van der Waals surface area contributed by atoms with Gasteiger partial charge in [-0.3, -0.25) is 19.1 Å². The van der Waals surface area contributed by atoms with Gasteiger partial charge in [-0.15, -0.1) is 0 Å². The first-order valence-electron chi connectivity index (χ1n) is 5.08. The van der Waals surface area contributed by atoms with Gasteiger partial charge in [0.25, 0.3) is 5.56 Å². The van der Waals surface area contributed by atoms with Crippen LogP contribution in [0.2, 0.25) is 0 Å². The molecule has 2 aromatic heterocycles. The maximum absolute atomic E-state index is 12.1. The number of hydrogen-bond acceptors (Lipinski definition) is 4. The molecular weight excluding hydrogens is 290 g/mol. The molecule has 0 fully saturated rings. The molecule has 0 saturated carbocycles. The number of carbonyl (C=O) groups is 1. The zero-order valence-corrected chi connectivity index (χ0v) is 10.5. The Morgan fingerprint density at radius 2 is 2.18 bits per heavy atom. The molecule has 8 heteroatoms. The van der Waals surface area contributed by atoms with E-state index in [4.69, 9.17) is 0 Å². The molecule has 1 aliphatic rings. The summed E-state index contributed by atoms with van der Waals surface area (Å²) in [7, 11) is 0. The fraction of sp³-hybridized carbons (Fsp3) is 0.333. The summed E-state index contributed by atoms with van der Waals surface area (Å²) in [6, 6.07) is 0. The fourth-order valence-corrected chi connectivity index (χ4v) is 2.31. The van der Waals surface area contributed by atoms with E-state index in [0.717, 1.165) is 0 Å². The first-order chi connectivity index (χ1) is 8.11. The minimum atomic E-state index is -0.271. The first-order valence-corrected chi connectivity index (χ1v) is 5.87. The van der Waals surface area contributed by atoms with Gasteiger partial charge < -0.3 is 4.98 Å². The number of fused-ring (bicyclic) bond motifs is 2. The second-order valence-corrected chi connectivity index (χ2v) is 4.42. The van der Waals surface area contributed by atoms with Gasteiger partial charge in [0.2, 0.25) is 11.9 Å². The number of amides is 1. The zero-order chi connectivity index (χ0) is 12.2. The molecule has 0 unspecified atom stereocenters. The molecule has 7 nitrogen and oxygen atoms in total. The summed E-state index contributed by atoms with van der Waals surface area (Å²) in [5.74, 6) is 0.248. The highest BCUT2D eigenvalue weighted by Gasteiger charge is 2.30. The minimum absolute atomic E-state index is 0.0432. The number of aromatic nitrogens is 4. The van der Waals surface area contributed by atoms with Crippen molar-refractivity contribution in [3.63, 3.8) is 0 Å². The predicted molar refractivity (Wildman–Crippen MR) is 63.9 cm³/mol. The van der Waals surface area contributed by atoms with Crippen LogP contribution >= 0.6 is 15.9 Å². The van der Waals surface area contributed by atoms with Gasteiger partial charge in [-0.1, -0.05) is 0 Å². The molecule has 1 N–H and O–H groups in total. The normalized spacial score (nSPS) is 14.7. The molecule has 0 aliphatic carbocycles. The second-order valence-electron chi connectivity index (χ2n) is 3.67. The summed E-state index contributed by atoms with van der Waals surface area (Å²) in [5.41, 5.74) is 0.361. The van der Waals surface area contributed by atoms with Crippen LogP contribution in [-0.4, -0.2) is 32.0 Å². The van der Waals surface area contributed by atoms with Gasteiger partial charge in [0.15, 0.2) is 15.9 Å². The van der Waals surface area contributed by atoms with E-state index in [1.807, 2.05) is 6.92 Å². The molecule has 1 amide bonds. The average Bonchev–Trinajstić information content (AvgIpc) is 2.79. The van der Waals surface area contributed by atoms with Crippen LogP contribution in [0.15, 0.2) is 9.53 Å². The minimum Gasteiger partial charge on any atom is -0.327 e. The van der Waals surface area contributed by atoms with Crippen LogP contribution in [-0.2, 0) is 11.3 Å². The van der Waals surface area contributed by atoms with Gasteiger partial charge in [-0.25, -0.2) is 4.98 Å². The molecule has 0 bridgehead atoms. The lowest BCUT2D eigenvalue weighted by Gasteiger charge is -2.11. The van der Waals surface area contributed by atoms with Crippen LogP contribution in [0, 0.1) is 0 Å². The van der Waals surface area contributed by atoms with E-state index in [1.165, 1.54) is 9.47 Å². The third-order valence-electron chi connectivity index (χ3n) is 2.71. The lowest BCUT2D eigenvalue weighted by Crippen LogP contribution is -2.26. The number of anilines is 1. The Morgan fingerprint density at radius 3 is 2.88 bits per heavy atom. The van der Waals surface area contributed by atoms with Crippen LogP contribution in [0.5, 0.6) is 0 Å². The van der Waals surface area contributed by atoms with Crippen molar-refractivity contribution >= 4 is 38.9 Å². The summed E-state index contributed by atoms with van der Waals surface area (Å²) in [5, 5.41) is 0. The Labute approximate surface area is 104 Å². The zero-order valence-electron chi connectivity index (χ0n) is 8.90. The van der Waals surface area contributed by atoms with Crippen molar-refractivity contribution in [1.29, 1.82) is 0 Å². The number of H-pyrrole nitrogens is 1. The highest BCUT2D eigenvalue weighted by atomic mass is 79.9. The number of likely N-dealkylation sites (N-methyl/N-ethyl adjacent to an activating group) is 1. The molecule has 0 radical (unpaired) electrons. The lowest BCUT2D eigenvalue weighted by atomic mass is 10.5. The van der Waals surface area contributed by atoms with Crippen LogP contribution in [0.1, 0.15) is 6.92 Å². The molecular formula is C9H8BrN5O2. The number of nitrogens with zero attached hydrogens (tertiary/aromatic N) is 4. The predicted octanol–water partition coefficient (Wildman–Crippen LogP) is 0.249. The van der Waals surface area contributed by atoms with Gasteiger partial charge in [-0.2, -0.15) is 4.98 Å². The van der Waals surface area contributed by atoms with Gasteiger partial charge in [0, 0.05) is 6.54 Å². The Morgan fingerprint density at radius 1 is 1.41 bits per heavy atom. The van der Waals surface area contributed by atoms with E-state index in [2.05, 4.69) is 30.9 Å². The molecule has 0 aromatic carbocycles. The van der Waals surface area contributed by atoms with Gasteiger partial charge in [0.1, 0.15) is 6.54 Å². The standard InChI is InChI=1S/C9H8BrN5O2/c1-2-14-4(16)3-15-7(17)5-6(13-9(14)15)12-8(10)11-5/h2-3H2,1H3,(H,11,12). The lowest BCUT2D eigenvalue weighted by molar-refractivity contribution is -0.118. The van der Waals surface area contributed by atoms with E-state index in [9.17, 15) is 9.59 Å². The molecule has 0 spiro atoms. The molecule has 2 aromatic rings. The highest BCUT2D eigenvalue weighted by Crippen LogP contribution is 2.20. The molecule has 1 aliphatic heterocycles. The van der Waals surface area contributed by atoms with E-state index in [1.54, 1.807) is 0 Å². The van der Waals surface area contributed by atoms with Crippen LogP contribution in [0.3, 0.4) is 0 Å². The Kier molecular flexibility index (Phi) is 2.09. The Hall–Kier alpha value is -1.70. The smallest absolute Gasteiger partial charge is 0.281 e. The molecule has 17 heavy (non-hydrogen) atoms. The second kappa shape index (κ2) is 3.39. The SMILES string of the molecule is CCN1C(=O)Cn2c1nc1nc(Br)[nH]c1c2=O. The Balaban J connectivity index is 2.37. The van der Waals surface area contributed by atoms with Crippen molar-refractivity contribution in [3.05, 3.63) is 15.1 Å². The molecule has 0 saturated heterocycles. The quantitative estimate of drug-likeness (QED) is 0.765. The maximum Gasteiger partial charge on any atom is 0.281 e. The van der Waals surface area contributed by atoms with Crippen molar-refractivity contribution < 1.29 is 4.79 Å². The highest BCUT2D eigenvalue weighted by molar-refractivity contribution is 9.10. The van der Waals surface area contributed by atoms with Crippen molar-refractivity contribution in [2.75, 3.05) is 11.4 Å². The van der Waals surface area contributed by atoms with Gasteiger partial charge in [0.05, 0.1) is 0 Å². The maximum atomic E-state index is 12.1. The average molecular weight is 298 g/mol. The Bertz CT molecular complexity index is 688. The van der Waals surface area contributed by atoms with E-state index in [0.29, 0.717) is 28.4 Å². The summed E-state index contributed by atoms with van der Waals surface area (Å²) in [4.78, 5) is 36.3. The molecule has 88 valence electrons. The fourth-order valence-electron chi connectivity index (χ4n) is 1.95. The van der Waals surface area contributed by atoms with Crippen molar-refractivity contribution in [3.8, 4) is 0 Å². The van der Waals surface area contributed by atoms with Crippen molar-refractivity contribution in [2.24, 2.45) is 0 Å². The molecule has 3 rings (SSSR count). The van der Waals surface area contributed by atoms with E-state index < -0.39 is 0 Å². The largest absolute Gasteiger partial charge is 0.327 e. The number of aromatic amines is 1. The van der Waals surface area contributed by atoms with Crippen molar-refractivity contribution in [1.82, 2.24) is 19.5 Å². The van der Waals surface area contributed by atoms with Gasteiger partial charge >= 0.3 is 0 Å². The van der Waals surface area contributed by atoms with Crippen molar-refractivity contribution in [2.45, 2.75) is 13.5 Å². The van der Waals surface area contributed by atoms with E-state index in [-0.39, 0.29) is 18.0 Å². The summed E-state index contributed by atoms with van der Waals surface area (Å²) in [6.45, 7) is 2.37. The third kappa shape index (κ3) is 1.33. The number of hydrogen-bond donors (Lipinski definition) is 1. The third-order valence-corrected chi connectivity index (χ3v) is 3.09. The first kappa shape index (κ1) is 10.5. The van der Waals surface area contributed by atoms with Gasteiger partial charge in [-0.05, 0) is 22.9 Å². The monoisotopic (exact) mass is 297 g/mol. The number of carbonyl (C=O) groups excluding carboxylic acids is 1. The van der Waals surface area contributed by atoms with Crippen LogP contribution < -0.4 is 10.5 Å². The van der Waals surface area contributed by atoms with E-state index >= 15 is 0 Å². The topological polar surface area (TPSA) is 83.9 Å². The van der Waals surface area contributed by atoms with Crippen LogP contribution in [0.4, 0.5) is 5.95 Å². The summed E-state index contributed by atoms with van der Waals surface area (Å²) in [6.07, 6.45) is 0. The molecule has 0 atom stereocenters. The number of imidazole rings is 1. The summed E-state index contributed by atoms with van der Waals surface area (Å²) >= 11 is 3.16. The molecule has 3 heterocycles. The number of nitrogens with one attached hydrogen (secondary N) is 1. The van der Waals surface area contributed by atoms with Crippen LogP contribution in [0.25, 0.3) is 11.2 Å². The number of halogens is 1.